The highest BCUT2D eigenvalue weighted by molar-refractivity contribution is 7.92. The van der Waals surface area contributed by atoms with E-state index in [2.05, 4.69) is 10.3 Å². The van der Waals surface area contributed by atoms with Crippen molar-refractivity contribution >= 4 is 15.7 Å². The SMILES string of the molecule is O=S1(=O)CCCC1CNc1ncccc1F. The van der Waals surface area contributed by atoms with E-state index < -0.39 is 20.9 Å². The average Bonchev–Trinajstić information content (AvgIpc) is 2.57. The summed E-state index contributed by atoms with van der Waals surface area (Å²) in [7, 11) is -2.98. The van der Waals surface area contributed by atoms with Crippen molar-refractivity contribution in [2.45, 2.75) is 18.1 Å². The molecule has 6 heteroatoms. The van der Waals surface area contributed by atoms with Crippen LogP contribution in [0.15, 0.2) is 18.3 Å². The summed E-state index contributed by atoms with van der Waals surface area (Å²) in [4.78, 5) is 3.81. The fourth-order valence-electron chi connectivity index (χ4n) is 1.81. The van der Waals surface area contributed by atoms with Gasteiger partial charge in [-0.25, -0.2) is 17.8 Å². The van der Waals surface area contributed by atoms with Crippen LogP contribution in [0.25, 0.3) is 0 Å². The van der Waals surface area contributed by atoms with Crippen LogP contribution < -0.4 is 5.32 Å². The number of hydrogen-bond acceptors (Lipinski definition) is 4. The first-order chi connectivity index (χ1) is 7.59. The van der Waals surface area contributed by atoms with Crippen molar-refractivity contribution in [2.24, 2.45) is 0 Å². The first-order valence-corrected chi connectivity index (χ1v) is 6.87. The number of rotatable bonds is 3. The monoisotopic (exact) mass is 244 g/mol. The summed E-state index contributed by atoms with van der Waals surface area (Å²) >= 11 is 0. The largest absolute Gasteiger partial charge is 0.366 e. The Hall–Kier alpha value is -1.17. The molecule has 88 valence electrons. The van der Waals surface area contributed by atoms with Crippen LogP contribution >= 0.6 is 0 Å². The number of nitrogens with one attached hydrogen (secondary N) is 1. The molecule has 16 heavy (non-hydrogen) atoms. The second kappa shape index (κ2) is 4.37. The van der Waals surface area contributed by atoms with Gasteiger partial charge in [0.15, 0.2) is 21.5 Å². The molecule has 0 spiro atoms. The molecular formula is C10H13FN2O2S. The Morgan fingerprint density at radius 3 is 3.00 bits per heavy atom. The second-order valence-corrected chi connectivity index (χ2v) is 6.25. The van der Waals surface area contributed by atoms with E-state index in [1.807, 2.05) is 0 Å². The molecule has 1 unspecified atom stereocenters. The minimum absolute atomic E-state index is 0.115. The topological polar surface area (TPSA) is 59.1 Å². The van der Waals surface area contributed by atoms with Crippen molar-refractivity contribution in [3.05, 3.63) is 24.1 Å². The van der Waals surface area contributed by atoms with Gasteiger partial charge in [-0.3, -0.25) is 0 Å². The van der Waals surface area contributed by atoms with E-state index in [0.717, 1.165) is 0 Å². The van der Waals surface area contributed by atoms with Crippen LogP contribution in [-0.4, -0.2) is 30.9 Å². The van der Waals surface area contributed by atoms with E-state index in [1.165, 1.54) is 18.3 Å². The van der Waals surface area contributed by atoms with Crippen molar-refractivity contribution in [1.29, 1.82) is 0 Å². The molecule has 1 aromatic heterocycles. The Morgan fingerprint density at radius 2 is 2.38 bits per heavy atom. The molecule has 1 aromatic rings. The summed E-state index contributed by atoms with van der Waals surface area (Å²) in [5, 5.41) is 2.34. The smallest absolute Gasteiger partial charge is 0.165 e. The quantitative estimate of drug-likeness (QED) is 0.868. The van der Waals surface area contributed by atoms with Crippen LogP contribution in [0.5, 0.6) is 0 Å². The van der Waals surface area contributed by atoms with Crippen LogP contribution in [0.2, 0.25) is 0 Å². The third-order valence-electron chi connectivity index (χ3n) is 2.72. The zero-order valence-corrected chi connectivity index (χ0v) is 9.50. The lowest BCUT2D eigenvalue weighted by Gasteiger charge is -2.11. The minimum Gasteiger partial charge on any atom is -0.366 e. The number of sulfone groups is 1. The molecule has 1 saturated heterocycles. The Balaban J connectivity index is 2.01. The summed E-state index contributed by atoms with van der Waals surface area (Å²) in [6, 6.07) is 2.78. The Morgan fingerprint density at radius 1 is 1.56 bits per heavy atom. The maximum atomic E-state index is 13.2. The number of hydrogen-bond donors (Lipinski definition) is 1. The summed E-state index contributed by atoms with van der Waals surface area (Å²) in [5.74, 6) is -0.105. The summed E-state index contributed by atoms with van der Waals surface area (Å²) in [6.45, 7) is 0.232. The van der Waals surface area contributed by atoms with Gasteiger partial charge in [0.2, 0.25) is 0 Å². The Bertz CT molecular complexity index is 475. The summed E-state index contributed by atoms with van der Waals surface area (Å²) in [5.41, 5.74) is 0. The lowest BCUT2D eigenvalue weighted by Crippen LogP contribution is -2.25. The number of nitrogens with zero attached hydrogens (tertiary/aromatic N) is 1. The second-order valence-electron chi connectivity index (χ2n) is 3.85. The fraction of sp³-hybridized carbons (Fsp3) is 0.500. The predicted molar refractivity (Wildman–Crippen MR) is 59.5 cm³/mol. The van der Waals surface area contributed by atoms with Crippen LogP contribution in [-0.2, 0) is 9.84 Å². The third kappa shape index (κ3) is 2.32. The third-order valence-corrected chi connectivity index (χ3v) is 4.99. The van der Waals surface area contributed by atoms with Gasteiger partial charge >= 0.3 is 0 Å². The number of halogens is 1. The normalized spacial score (nSPS) is 23.2. The van der Waals surface area contributed by atoms with Gasteiger partial charge in [0.25, 0.3) is 0 Å². The Kier molecular flexibility index (Phi) is 3.09. The molecule has 0 radical (unpaired) electrons. The average molecular weight is 244 g/mol. The molecule has 1 aliphatic heterocycles. The van der Waals surface area contributed by atoms with Crippen molar-refractivity contribution in [2.75, 3.05) is 17.6 Å². The van der Waals surface area contributed by atoms with Crippen molar-refractivity contribution < 1.29 is 12.8 Å². The first-order valence-electron chi connectivity index (χ1n) is 5.15. The molecule has 2 rings (SSSR count). The lowest BCUT2D eigenvalue weighted by atomic mass is 10.2. The summed E-state index contributed by atoms with van der Waals surface area (Å²) in [6.07, 6.45) is 2.80. The molecule has 1 N–H and O–H groups in total. The molecular weight excluding hydrogens is 231 g/mol. The van der Waals surface area contributed by atoms with Crippen molar-refractivity contribution in [3.63, 3.8) is 0 Å². The maximum absolute atomic E-state index is 13.2. The highest BCUT2D eigenvalue weighted by atomic mass is 32.2. The van der Waals surface area contributed by atoms with E-state index in [1.54, 1.807) is 0 Å². The zero-order valence-electron chi connectivity index (χ0n) is 8.69. The fourth-order valence-corrected chi connectivity index (χ4v) is 3.58. The first kappa shape index (κ1) is 11.3. The standard InChI is InChI=1S/C10H13FN2O2S/c11-9-4-1-5-12-10(9)13-7-8-3-2-6-16(8,14)15/h1,4-5,8H,2-3,6-7H2,(H,12,13). The highest BCUT2D eigenvalue weighted by Gasteiger charge is 2.31. The van der Waals surface area contributed by atoms with E-state index in [0.29, 0.717) is 12.8 Å². The van der Waals surface area contributed by atoms with Gasteiger partial charge in [-0.15, -0.1) is 0 Å². The zero-order chi connectivity index (χ0) is 11.6. The van der Waals surface area contributed by atoms with Crippen LogP contribution in [0, 0.1) is 5.82 Å². The number of anilines is 1. The van der Waals surface area contributed by atoms with Gasteiger partial charge in [-0.05, 0) is 25.0 Å². The molecule has 2 heterocycles. The molecule has 0 saturated carbocycles. The molecule has 1 fully saturated rings. The molecule has 0 aliphatic carbocycles. The molecule has 1 aliphatic rings. The van der Waals surface area contributed by atoms with Gasteiger partial charge in [-0.2, -0.15) is 0 Å². The minimum atomic E-state index is -2.98. The van der Waals surface area contributed by atoms with E-state index in [9.17, 15) is 12.8 Å². The molecule has 4 nitrogen and oxygen atoms in total. The van der Waals surface area contributed by atoms with E-state index in [-0.39, 0.29) is 18.1 Å². The number of aromatic nitrogens is 1. The molecule has 1 atom stereocenters. The molecule has 0 aromatic carbocycles. The number of pyridine rings is 1. The molecule has 0 amide bonds. The van der Waals surface area contributed by atoms with Gasteiger partial charge in [0, 0.05) is 12.7 Å². The van der Waals surface area contributed by atoms with Crippen molar-refractivity contribution in [3.8, 4) is 0 Å². The Labute approximate surface area is 93.8 Å². The van der Waals surface area contributed by atoms with Gasteiger partial charge < -0.3 is 5.32 Å². The van der Waals surface area contributed by atoms with Gasteiger partial charge in [0.05, 0.1) is 11.0 Å². The molecule has 0 bridgehead atoms. The van der Waals surface area contributed by atoms with Crippen LogP contribution in [0.4, 0.5) is 10.2 Å². The highest BCUT2D eigenvalue weighted by Crippen LogP contribution is 2.20. The van der Waals surface area contributed by atoms with Gasteiger partial charge in [-0.1, -0.05) is 0 Å². The predicted octanol–water partition coefficient (Wildman–Crippen LogP) is 1.21. The van der Waals surface area contributed by atoms with Crippen molar-refractivity contribution in [1.82, 2.24) is 4.98 Å². The lowest BCUT2D eigenvalue weighted by molar-refractivity contribution is 0.590. The van der Waals surface area contributed by atoms with Crippen LogP contribution in [0.1, 0.15) is 12.8 Å². The van der Waals surface area contributed by atoms with E-state index >= 15 is 0 Å². The summed E-state index contributed by atoms with van der Waals surface area (Å²) < 4.78 is 36.2. The van der Waals surface area contributed by atoms with Crippen LogP contribution in [0.3, 0.4) is 0 Å². The maximum Gasteiger partial charge on any atom is 0.165 e. The van der Waals surface area contributed by atoms with Gasteiger partial charge in [0.1, 0.15) is 0 Å². The van der Waals surface area contributed by atoms with E-state index in [4.69, 9.17) is 0 Å².